The number of hydrogen-bond donors (Lipinski definition) is 1. The van der Waals surface area contributed by atoms with Crippen molar-refractivity contribution in [3.8, 4) is 0 Å². The van der Waals surface area contributed by atoms with Gasteiger partial charge in [-0.25, -0.2) is 13.1 Å². The molecule has 1 atom stereocenters. The quantitative estimate of drug-likeness (QED) is 0.870. The number of carbonyl (C=O) groups is 1. The first-order valence-electron chi connectivity index (χ1n) is 5.47. The number of sulfonamides is 1. The van der Waals surface area contributed by atoms with Gasteiger partial charge < -0.3 is 0 Å². The number of Topliss-reactive ketones (excluding diaryl/α,β-unsaturated/α-hetero) is 1. The zero-order valence-corrected chi connectivity index (χ0v) is 11.0. The summed E-state index contributed by atoms with van der Waals surface area (Å²) in [5.41, 5.74) is 0.567. The molecule has 0 fully saturated rings. The van der Waals surface area contributed by atoms with Gasteiger partial charge in [-0.1, -0.05) is 25.1 Å². The van der Waals surface area contributed by atoms with E-state index in [-0.39, 0.29) is 16.6 Å². The zero-order valence-electron chi connectivity index (χ0n) is 10.2. The summed E-state index contributed by atoms with van der Waals surface area (Å²) < 4.78 is 26.0. The van der Waals surface area contributed by atoms with Crippen molar-refractivity contribution in [1.29, 1.82) is 0 Å². The molecule has 4 nitrogen and oxygen atoms in total. The Morgan fingerprint density at radius 2 is 1.94 bits per heavy atom. The van der Waals surface area contributed by atoms with E-state index in [9.17, 15) is 13.2 Å². The van der Waals surface area contributed by atoms with Crippen molar-refractivity contribution < 1.29 is 13.2 Å². The highest BCUT2D eigenvalue weighted by Crippen LogP contribution is 2.27. The highest BCUT2D eigenvalue weighted by atomic mass is 32.2. The molecule has 0 radical (unpaired) electrons. The number of rotatable bonds is 5. The first-order chi connectivity index (χ1) is 7.94. The van der Waals surface area contributed by atoms with Gasteiger partial charge in [-0.05, 0) is 32.0 Å². The van der Waals surface area contributed by atoms with E-state index in [0.29, 0.717) is 12.0 Å². The van der Waals surface area contributed by atoms with Crippen LogP contribution in [0.4, 0.5) is 0 Å². The molecular weight excluding hydrogens is 238 g/mol. The Morgan fingerprint density at radius 3 is 2.41 bits per heavy atom. The number of carbonyl (C=O) groups excluding carboxylic acids is 1. The van der Waals surface area contributed by atoms with Crippen LogP contribution < -0.4 is 4.72 Å². The summed E-state index contributed by atoms with van der Waals surface area (Å²) in [6.45, 7) is 3.35. The van der Waals surface area contributed by atoms with Crippen LogP contribution in [0.25, 0.3) is 0 Å². The minimum atomic E-state index is -3.52. The molecule has 0 aromatic heterocycles. The van der Waals surface area contributed by atoms with E-state index >= 15 is 0 Å². The van der Waals surface area contributed by atoms with Crippen LogP contribution in [0.1, 0.15) is 31.7 Å². The summed E-state index contributed by atoms with van der Waals surface area (Å²) >= 11 is 0. The van der Waals surface area contributed by atoms with E-state index < -0.39 is 10.0 Å². The fraction of sp³-hybridized carbons (Fsp3) is 0.417. The summed E-state index contributed by atoms with van der Waals surface area (Å²) in [4.78, 5) is 11.7. The van der Waals surface area contributed by atoms with E-state index in [1.807, 2.05) is 6.92 Å². The smallest absolute Gasteiger partial charge is 0.240 e. The van der Waals surface area contributed by atoms with Crippen molar-refractivity contribution in [2.24, 2.45) is 0 Å². The molecular formula is C12H17NO3S. The van der Waals surface area contributed by atoms with Crippen LogP contribution in [0.5, 0.6) is 0 Å². The molecule has 1 rings (SSSR count). The van der Waals surface area contributed by atoms with Crippen molar-refractivity contribution in [3.63, 3.8) is 0 Å². The Bertz CT molecular complexity index is 508. The molecule has 5 heteroatoms. The molecule has 94 valence electrons. The maximum atomic E-state index is 11.8. The second-order valence-electron chi connectivity index (χ2n) is 3.82. The molecule has 0 aliphatic carbocycles. The average Bonchev–Trinajstić information content (AvgIpc) is 2.30. The van der Waals surface area contributed by atoms with E-state index in [0.717, 1.165) is 0 Å². The first-order valence-corrected chi connectivity index (χ1v) is 6.95. The minimum Gasteiger partial charge on any atom is -0.299 e. The molecule has 0 amide bonds. The van der Waals surface area contributed by atoms with Crippen LogP contribution in [0, 0.1) is 0 Å². The minimum absolute atomic E-state index is 0.0220. The van der Waals surface area contributed by atoms with Crippen molar-refractivity contribution >= 4 is 15.8 Å². The average molecular weight is 255 g/mol. The summed E-state index contributed by atoms with van der Waals surface area (Å²) in [5, 5.41) is 0. The van der Waals surface area contributed by atoms with Crippen molar-refractivity contribution in [3.05, 3.63) is 29.8 Å². The molecule has 1 unspecified atom stereocenters. The summed E-state index contributed by atoms with van der Waals surface area (Å²) in [7, 11) is -2.16. The van der Waals surface area contributed by atoms with Crippen molar-refractivity contribution in [2.45, 2.75) is 31.1 Å². The predicted molar refractivity (Wildman–Crippen MR) is 66.4 cm³/mol. The van der Waals surface area contributed by atoms with Crippen LogP contribution in [0.15, 0.2) is 29.2 Å². The van der Waals surface area contributed by atoms with Crippen LogP contribution in [-0.2, 0) is 14.8 Å². The van der Waals surface area contributed by atoms with Gasteiger partial charge in [0.2, 0.25) is 10.0 Å². The van der Waals surface area contributed by atoms with E-state index in [2.05, 4.69) is 4.72 Å². The number of hydrogen-bond acceptors (Lipinski definition) is 3. The van der Waals surface area contributed by atoms with Gasteiger partial charge in [0.25, 0.3) is 0 Å². The van der Waals surface area contributed by atoms with Gasteiger partial charge in [-0.3, -0.25) is 4.79 Å². The molecule has 1 aromatic carbocycles. The Kier molecular flexibility index (Phi) is 4.42. The molecule has 1 aromatic rings. The number of ketones is 1. The maximum Gasteiger partial charge on any atom is 0.240 e. The Hall–Kier alpha value is -1.20. The molecule has 0 saturated carbocycles. The lowest BCUT2D eigenvalue weighted by Gasteiger charge is -2.16. The third-order valence-corrected chi connectivity index (χ3v) is 4.24. The topological polar surface area (TPSA) is 63.2 Å². The van der Waals surface area contributed by atoms with Gasteiger partial charge in [0, 0.05) is 5.92 Å². The van der Waals surface area contributed by atoms with Gasteiger partial charge in [0.1, 0.15) is 5.78 Å². The summed E-state index contributed by atoms with van der Waals surface area (Å²) in [6.07, 6.45) is 0.589. The SMILES string of the molecule is CCC(C(C)=O)c1ccccc1S(=O)(=O)NC. The van der Waals surface area contributed by atoms with E-state index in [1.165, 1.54) is 20.0 Å². The standard InChI is InChI=1S/C12H17NO3S/c1-4-10(9(2)14)11-7-5-6-8-12(11)17(15,16)13-3/h5-8,10,13H,4H2,1-3H3. The lowest BCUT2D eigenvalue weighted by atomic mass is 9.93. The summed E-state index contributed by atoms with van der Waals surface area (Å²) in [6, 6.07) is 6.61. The van der Waals surface area contributed by atoms with Crippen molar-refractivity contribution in [1.82, 2.24) is 4.72 Å². The molecule has 0 spiro atoms. The molecule has 0 aliphatic heterocycles. The lowest BCUT2D eigenvalue weighted by molar-refractivity contribution is -0.118. The zero-order chi connectivity index (χ0) is 13.1. The van der Waals surface area contributed by atoms with Crippen molar-refractivity contribution in [2.75, 3.05) is 7.05 Å². The summed E-state index contributed by atoms with van der Waals surface area (Å²) in [5.74, 6) is -0.388. The highest BCUT2D eigenvalue weighted by molar-refractivity contribution is 7.89. The third-order valence-electron chi connectivity index (χ3n) is 2.75. The highest BCUT2D eigenvalue weighted by Gasteiger charge is 2.23. The van der Waals surface area contributed by atoms with Crippen LogP contribution in [-0.4, -0.2) is 21.2 Å². The Balaban J connectivity index is 3.40. The second-order valence-corrected chi connectivity index (χ2v) is 5.67. The predicted octanol–water partition coefficient (Wildman–Crippen LogP) is 1.68. The van der Waals surface area contributed by atoms with Crippen LogP contribution in [0.3, 0.4) is 0 Å². The lowest BCUT2D eigenvalue weighted by Crippen LogP contribution is -2.22. The van der Waals surface area contributed by atoms with Gasteiger partial charge in [0.15, 0.2) is 0 Å². The third kappa shape index (κ3) is 2.92. The molecule has 0 aliphatic rings. The fourth-order valence-electron chi connectivity index (χ4n) is 1.85. The molecule has 17 heavy (non-hydrogen) atoms. The molecule has 1 N–H and O–H groups in total. The van der Waals surface area contributed by atoms with Gasteiger partial charge >= 0.3 is 0 Å². The second kappa shape index (κ2) is 5.42. The first kappa shape index (κ1) is 13.9. The number of benzene rings is 1. The van der Waals surface area contributed by atoms with Gasteiger partial charge in [-0.2, -0.15) is 0 Å². The molecule has 0 heterocycles. The maximum absolute atomic E-state index is 11.8. The Morgan fingerprint density at radius 1 is 1.35 bits per heavy atom. The molecule has 0 bridgehead atoms. The Labute approximate surface area is 102 Å². The van der Waals surface area contributed by atoms with E-state index in [1.54, 1.807) is 18.2 Å². The number of nitrogens with one attached hydrogen (secondary N) is 1. The van der Waals surface area contributed by atoms with E-state index in [4.69, 9.17) is 0 Å². The van der Waals surface area contributed by atoms with Crippen LogP contribution in [0.2, 0.25) is 0 Å². The van der Waals surface area contributed by atoms with Crippen LogP contribution >= 0.6 is 0 Å². The monoisotopic (exact) mass is 255 g/mol. The normalized spacial score (nSPS) is 13.4. The van der Waals surface area contributed by atoms with Gasteiger partial charge in [0.05, 0.1) is 4.90 Å². The van der Waals surface area contributed by atoms with Gasteiger partial charge in [-0.15, -0.1) is 0 Å². The fourth-order valence-corrected chi connectivity index (χ4v) is 2.85. The largest absolute Gasteiger partial charge is 0.299 e. The molecule has 0 saturated heterocycles.